The van der Waals surface area contributed by atoms with Crippen LogP contribution in [0, 0.1) is 21.4 Å². The number of nitriles is 1. The van der Waals surface area contributed by atoms with Gasteiger partial charge >= 0.3 is 0 Å². The number of rotatable bonds is 8. The fraction of sp³-hybridized carbons (Fsp3) is 0.250. The lowest BCUT2D eigenvalue weighted by atomic mass is 10.1. The van der Waals surface area contributed by atoms with E-state index < -0.39 is 10.8 Å². The Morgan fingerprint density at radius 1 is 1.17 bits per heavy atom. The highest BCUT2D eigenvalue weighted by molar-refractivity contribution is 7.19. The topological polar surface area (TPSA) is 134 Å². The van der Waals surface area contributed by atoms with Crippen molar-refractivity contribution in [2.75, 3.05) is 23.3 Å². The normalized spacial score (nSPS) is 13.7. The zero-order chi connectivity index (χ0) is 24.6. The molecule has 4 rings (SSSR count). The van der Waals surface area contributed by atoms with Crippen LogP contribution in [0.3, 0.4) is 0 Å². The molecule has 1 N–H and O–H groups in total. The quantitative estimate of drug-likeness (QED) is 0.210. The summed E-state index contributed by atoms with van der Waals surface area (Å²) in [6, 6.07) is 15.0. The molecule has 0 radical (unpaired) electrons. The molecule has 2 aromatic carbocycles. The molecule has 1 aromatic heterocycles. The zero-order valence-electron chi connectivity index (χ0n) is 18.7. The van der Waals surface area contributed by atoms with Crippen LogP contribution < -0.4 is 15.0 Å². The number of aromatic nitrogens is 2. The zero-order valence-corrected chi connectivity index (χ0v) is 19.5. The number of ether oxygens (including phenoxy) is 1. The maximum Gasteiger partial charge on any atom is 0.276 e. The molecule has 3 aromatic rings. The summed E-state index contributed by atoms with van der Waals surface area (Å²) in [6.07, 6.45) is 4.89. The number of para-hydroxylation sites is 1. The standard InChI is InChI=1S/C24H22N6O4S/c25-15-19(22(31)26-23-27-28-24(35-23)29-12-4-1-5-13-29)14-17-8-10-20(11-9-17)34-16-18-6-2-3-7-21(18)30(32)33/h2-3,6-11,14H,1,4-5,12-13,16H2,(H,26,27,31). The first kappa shape index (κ1) is 23.8. The maximum absolute atomic E-state index is 12.6. The first-order chi connectivity index (χ1) is 17.0. The van der Waals surface area contributed by atoms with Gasteiger partial charge in [0, 0.05) is 19.2 Å². The van der Waals surface area contributed by atoms with Gasteiger partial charge < -0.3 is 9.64 Å². The van der Waals surface area contributed by atoms with E-state index in [0.717, 1.165) is 31.1 Å². The number of hydrogen-bond donors (Lipinski definition) is 1. The summed E-state index contributed by atoms with van der Waals surface area (Å²) in [5.41, 5.74) is 1.01. The SMILES string of the molecule is N#CC(=Cc1ccc(OCc2ccccc2[N+](=O)[O-])cc1)C(=O)Nc1nnc(N2CCCCC2)s1. The number of benzene rings is 2. The van der Waals surface area contributed by atoms with Gasteiger partial charge in [-0.3, -0.25) is 20.2 Å². The third-order valence-corrected chi connectivity index (χ3v) is 6.30. The van der Waals surface area contributed by atoms with Gasteiger partial charge in [0.1, 0.15) is 24.0 Å². The minimum absolute atomic E-state index is 0.00444. The van der Waals surface area contributed by atoms with Gasteiger partial charge in [0.15, 0.2) is 0 Å². The van der Waals surface area contributed by atoms with Gasteiger partial charge in [0.25, 0.3) is 11.6 Å². The monoisotopic (exact) mass is 490 g/mol. The van der Waals surface area contributed by atoms with Gasteiger partial charge in [-0.15, -0.1) is 10.2 Å². The Hall–Kier alpha value is -4.30. The van der Waals surface area contributed by atoms with Gasteiger partial charge in [-0.25, -0.2) is 0 Å². The second-order valence-electron chi connectivity index (χ2n) is 7.80. The van der Waals surface area contributed by atoms with E-state index in [1.807, 2.05) is 6.07 Å². The highest BCUT2D eigenvalue weighted by Gasteiger charge is 2.18. The molecule has 1 fully saturated rings. The molecule has 0 atom stereocenters. The Bertz CT molecular complexity index is 1280. The van der Waals surface area contributed by atoms with Crippen molar-refractivity contribution in [1.82, 2.24) is 10.2 Å². The lowest BCUT2D eigenvalue weighted by Gasteiger charge is -2.25. The Labute approximate surface area is 205 Å². The van der Waals surface area contributed by atoms with Gasteiger partial charge in [-0.1, -0.05) is 35.6 Å². The number of anilines is 2. The number of nitro benzene ring substituents is 1. The first-order valence-corrected chi connectivity index (χ1v) is 11.8. The van der Waals surface area contributed by atoms with Crippen molar-refractivity contribution in [1.29, 1.82) is 5.26 Å². The van der Waals surface area contributed by atoms with E-state index in [9.17, 15) is 20.2 Å². The number of piperidine rings is 1. The van der Waals surface area contributed by atoms with E-state index in [-0.39, 0.29) is 17.9 Å². The van der Waals surface area contributed by atoms with Crippen LogP contribution in [0.15, 0.2) is 54.1 Å². The molecule has 0 saturated carbocycles. The molecule has 0 bridgehead atoms. The molecule has 11 heteroatoms. The van der Waals surface area contributed by atoms with Crippen molar-refractivity contribution >= 4 is 39.3 Å². The van der Waals surface area contributed by atoms with Crippen molar-refractivity contribution in [3.05, 3.63) is 75.3 Å². The van der Waals surface area contributed by atoms with Crippen LogP contribution in [-0.4, -0.2) is 34.1 Å². The van der Waals surface area contributed by atoms with E-state index in [0.29, 0.717) is 22.0 Å². The summed E-state index contributed by atoms with van der Waals surface area (Å²) in [4.78, 5) is 25.4. The van der Waals surface area contributed by atoms with Crippen molar-refractivity contribution in [3.63, 3.8) is 0 Å². The van der Waals surface area contributed by atoms with E-state index in [2.05, 4.69) is 20.4 Å². The van der Waals surface area contributed by atoms with Crippen molar-refractivity contribution in [2.24, 2.45) is 0 Å². The maximum atomic E-state index is 12.6. The summed E-state index contributed by atoms with van der Waals surface area (Å²) in [7, 11) is 0. The minimum atomic E-state index is -0.564. The van der Waals surface area contributed by atoms with Gasteiger partial charge in [-0.2, -0.15) is 5.26 Å². The summed E-state index contributed by atoms with van der Waals surface area (Å²) in [5, 5.41) is 32.5. The molecule has 0 spiro atoms. The molecule has 0 aliphatic carbocycles. The molecule has 1 saturated heterocycles. The number of amides is 1. The molecule has 1 amide bonds. The Morgan fingerprint density at radius 2 is 1.91 bits per heavy atom. The molecule has 0 unspecified atom stereocenters. The lowest BCUT2D eigenvalue weighted by Crippen LogP contribution is -2.29. The van der Waals surface area contributed by atoms with E-state index in [1.165, 1.54) is 29.9 Å². The number of hydrogen-bond acceptors (Lipinski definition) is 9. The Kier molecular flexibility index (Phi) is 7.64. The van der Waals surface area contributed by atoms with Gasteiger partial charge in [0.05, 0.1) is 10.5 Å². The molecule has 10 nitrogen and oxygen atoms in total. The highest BCUT2D eigenvalue weighted by Crippen LogP contribution is 2.27. The van der Waals surface area contributed by atoms with E-state index in [4.69, 9.17) is 4.74 Å². The second kappa shape index (κ2) is 11.2. The molecular weight excluding hydrogens is 468 g/mol. The average molecular weight is 491 g/mol. The predicted octanol–water partition coefficient (Wildman–Crippen LogP) is 4.56. The third-order valence-electron chi connectivity index (χ3n) is 5.40. The molecule has 178 valence electrons. The van der Waals surface area contributed by atoms with E-state index >= 15 is 0 Å². The number of nitrogens with zero attached hydrogens (tertiary/aromatic N) is 5. The van der Waals surface area contributed by atoms with Crippen LogP contribution >= 0.6 is 11.3 Å². The van der Waals surface area contributed by atoms with Gasteiger partial charge in [-0.05, 0) is 49.1 Å². The molecule has 2 heterocycles. The van der Waals surface area contributed by atoms with Crippen molar-refractivity contribution in [2.45, 2.75) is 25.9 Å². The number of nitro groups is 1. The summed E-state index contributed by atoms with van der Waals surface area (Å²) in [5.74, 6) is -0.0621. The molecule has 35 heavy (non-hydrogen) atoms. The van der Waals surface area contributed by atoms with Crippen LogP contribution in [0.1, 0.15) is 30.4 Å². The highest BCUT2D eigenvalue weighted by atomic mass is 32.1. The van der Waals surface area contributed by atoms with Crippen LogP contribution in [0.5, 0.6) is 5.75 Å². The predicted molar refractivity (Wildman–Crippen MR) is 132 cm³/mol. The molecule has 1 aliphatic rings. The Morgan fingerprint density at radius 3 is 2.63 bits per heavy atom. The fourth-order valence-corrected chi connectivity index (χ4v) is 4.38. The number of carbonyl (C=O) groups is 1. The summed E-state index contributed by atoms with van der Waals surface area (Å²) in [6.45, 7) is 1.89. The second-order valence-corrected chi connectivity index (χ2v) is 8.76. The first-order valence-electron chi connectivity index (χ1n) is 11.0. The smallest absolute Gasteiger partial charge is 0.276 e. The van der Waals surface area contributed by atoms with Crippen molar-refractivity contribution in [3.8, 4) is 11.8 Å². The largest absolute Gasteiger partial charge is 0.489 e. The minimum Gasteiger partial charge on any atom is -0.489 e. The van der Waals surface area contributed by atoms with Crippen LogP contribution in [0.4, 0.5) is 16.0 Å². The van der Waals surface area contributed by atoms with Crippen LogP contribution in [0.25, 0.3) is 6.08 Å². The summed E-state index contributed by atoms with van der Waals surface area (Å²) >= 11 is 1.29. The number of nitrogens with one attached hydrogen (secondary N) is 1. The van der Waals surface area contributed by atoms with E-state index in [1.54, 1.807) is 42.5 Å². The summed E-state index contributed by atoms with van der Waals surface area (Å²) < 4.78 is 5.66. The van der Waals surface area contributed by atoms with Crippen LogP contribution in [-0.2, 0) is 11.4 Å². The fourth-order valence-electron chi connectivity index (χ4n) is 3.59. The van der Waals surface area contributed by atoms with Gasteiger partial charge in [0.2, 0.25) is 10.3 Å². The lowest BCUT2D eigenvalue weighted by molar-refractivity contribution is -0.385. The molecular formula is C24H22N6O4S. The van der Waals surface area contributed by atoms with Crippen molar-refractivity contribution < 1.29 is 14.5 Å². The Balaban J connectivity index is 1.37. The molecule has 1 aliphatic heterocycles. The third kappa shape index (κ3) is 6.18. The average Bonchev–Trinajstić information content (AvgIpc) is 3.35. The van der Waals surface area contributed by atoms with Crippen LogP contribution in [0.2, 0.25) is 0 Å². The number of carbonyl (C=O) groups excluding carboxylic acids is 1.